The normalized spacial score (nSPS) is 11.5. The van der Waals surface area contributed by atoms with Gasteiger partial charge in [0.1, 0.15) is 5.82 Å². The van der Waals surface area contributed by atoms with Crippen LogP contribution in [0.15, 0.2) is 54.6 Å². The number of halogens is 1. The average Bonchev–Trinajstić information content (AvgIpc) is 2.64. The summed E-state index contributed by atoms with van der Waals surface area (Å²) in [6.45, 7) is 0.243. The van der Waals surface area contributed by atoms with Crippen LogP contribution >= 0.6 is 0 Å². The number of carbonyl (C=O) groups excluding carboxylic acids is 1. The molecule has 140 valence electrons. The Balaban J connectivity index is 1.91. The highest BCUT2D eigenvalue weighted by Crippen LogP contribution is 2.25. The second kappa shape index (κ2) is 7.81. The standard InChI is InChI=1S/C19H18FN3O3S/c1-27(25,26)22-11-10-21-19(24)16-12-18(13-6-8-14(20)9-7-13)23-17-5-3-2-4-15(16)17/h2-9,12,22H,10-11H2,1H3,(H,21,24). The lowest BCUT2D eigenvalue weighted by Gasteiger charge is -2.11. The molecule has 3 rings (SSSR count). The van der Waals surface area contributed by atoms with E-state index in [4.69, 9.17) is 0 Å². The summed E-state index contributed by atoms with van der Waals surface area (Å²) in [4.78, 5) is 17.2. The molecule has 0 spiro atoms. The fourth-order valence-electron chi connectivity index (χ4n) is 2.64. The van der Waals surface area contributed by atoms with Gasteiger partial charge < -0.3 is 5.32 Å². The molecule has 0 saturated heterocycles. The fourth-order valence-corrected chi connectivity index (χ4v) is 3.11. The summed E-state index contributed by atoms with van der Waals surface area (Å²) in [7, 11) is -3.31. The minimum atomic E-state index is -3.31. The number of hydrogen-bond donors (Lipinski definition) is 2. The molecule has 0 aliphatic heterocycles. The lowest BCUT2D eigenvalue weighted by Crippen LogP contribution is -2.34. The lowest BCUT2D eigenvalue weighted by molar-refractivity contribution is 0.0956. The van der Waals surface area contributed by atoms with Gasteiger partial charge in [-0.1, -0.05) is 18.2 Å². The van der Waals surface area contributed by atoms with Gasteiger partial charge in [0.2, 0.25) is 10.0 Å². The zero-order valence-corrected chi connectivity index (χ0v) is 15.4. The fraction of sp³-hybridized carbons (Fsp3) is 0.158. The first-order chi connectivity index (χ1) is 12.8. The second-order valence-corrected chi connectivity index (χ2v) is 7.83. The number of carbonyl (C=O) groups is 1. The van der Waals surface area contributed by atoms with Crippen LogP contribution in [-0.2, 0) is 10.0 Å². The Labute approximate surface area is 156 Å². The molecule has 0 aliphatic carbocycles. The predicted molar refractivity (Wildman–Crippen MR) is 102 cm³/mol. The molecule has 3 aromatic rings. The first-order valence-corrected chi connectivity index (χ1v) is 10.1. The number of aromatic nitrogens is 1. The van der Waals surface area contributed by atoms with Gasteiger partial charge >= 0.3 is 0 Å². The van der Waals surface area contributed by atoms with Gasteiger partial charge in [0.25, 0.3) is 5.91 Å². The zero-order valence-electron chi connectivity index (χ0n) is 14.6. The molecule has 0 fully saturated rings. The minimum absolute atomic E-state index is 0.0956. The number of amides is 1. The Morgan fingerprint density at radius 1 is 1.07 bits per heavy atom. The number of para-hydroxylation sites is 1. The molecule has 1 amide bonds. The van der Waals surface area contributed by atoms with Crippen LogP contribution in [0.2, 0.25) is 0 Å². The van der Waals surface area contributed by atoms with Crippen molar-refractivity contribution in [2.45, 2.75) is 0 Å². The van der Waals surface area contributed by atoms with E-state index in [2.05, 4.69) is 15.0 Å². The maximum Gasteiger partial charge on any atom is 0.252 e. The molecular formula is C19H18FN3O3S. The van der Waals surface area contributed by atoms with Crippen molar-refractivity contribution in [2.24, 2.45) is 0 Å². The van der Waals surface area contributed by atoms with Crippen molar-refractivity contribution in [1.82, 2.24) is 15.0 Å². The quantitative estimate of drug-likeness (QED) is 0.636. The number of nitrogens with one attached hydrogen (secondary N) is 2. The van der Waals surface area contributed by atoms with E-state index in [0.717, 1.165) is 6.26 Å². The van der Waals surface area contributed by atoms with E-state index in [1.54, 1.807) is 30.3 Å². The van der Waals surface area contributed by atoms with Crippen molar-refractivity contribution in [3.05, 3.63) is 66.0 Å². The van der Waals surface area contributed by atoms with Crippen LogP contribution in [0.4, 0.5) is 4.39 Å². The molecule has 0 radical (unpaired) electrons. The topological polar surface area (TPSA) is 88.2 Å². The average molecular weight is 387 g/mol. The summed E-state index contributed by atoms with van der Waals surface area (Å²) in [6, 6.07) is 14.7. The van der Waals surface area contributed by atoms with Crippen molar-refractivity contribution in [3.8, 4) is 11.3 Å². The summed E-state index contributed by atoms with van der Waals surface area (Å²) >= 11 is 0. The highest BCUT2D eigenvalue weighted by Gasteiger charge is 2.14. The van der Waals surface area contributed by atoms with Crippen LogP contribution in [0.3, 0.4) is 0 Å². The van der Waals surface area contributed by atoms with Gasteiger partial charge in [-0.05, 0) is 36.4 Å². The monoisotopic (exact) mass is 387 g/mol. The van der Waals surface area contributed by atoms with E-state index in [1.165, 1.54) is 12.1 Å². The van der Waals surface area contributed by atoms with Crippen LogP contribution in [0.1, 0.15) is 10.4 Å². The van der Waals surface area contributed by atoms with Gasteiger partial charge in [-0.25, -0.2) is 22.5 Å². The van der Waals surface area contributed by atoms with Crippen molar-refractivity contribution >= 4 is 26.8 Å². The van der Waals surface area contributed by atoms with E-state index in [0.29, 0.717) is 27.7 Å². The smallest absolute Gasteiger partial charge is 0.252 e. The number of hydrogen-bond acceptors (Lipinski definition) is 4. The van der Waals surface area contributed by atoms with E-state index < -0.39 is 10.0 Å². The zero-order chi connectivity index (χ0) is 19.4. The summed E-state index contributed by atoms with van der Waals surface area (Å²) in [5, 5.41) is 3.38. The molecule has 0 atom stereocenters. The molecule has 8 heteroatoms. The van der Waals surface area contributed by atoms with E-state index in [-0.39, 0.29) is 24.8 Å². The molecule has 27 heavy (non-hydrogen) atoms. The van der Waals surface area contributed by atoms with E-state index >= 15 is 0 Å². The third-order valence-electron chi connectivity index (χ3n) is 3.88. The first-order valence-electron chi connectivity index (χ1n) is 8.22. The van der Waals surface area contributed by atoms with E-state index in [1.807, 2.05) is 12.1 Å². The van der Waals surface area contributed by atoms with Crippen LogP contribution in [0, 0.1) is 5.82 Å². The molecule has 1 aromatic heterocycles. The molecule has 0 unspecified atom stereocenters. The van der Waals surface area contributed by atoms with Crippen molar-refractivity contribution in [2.75, 3.05) is 19.3 Å². The Morgan fingerprint density at radius 3 is 2.48 bits per heavy atom. The van der Waals surface area contributed by atoms with Crippen LogP contribution in [-0.4, -0.2) is 38.7 Å². The highest BCUT2D eigenvalue weighted by atomic mass is 32.2. The second-order valence-electron chi connectivity index (χ2n) is 6.00. The minimum Gasteiger partial charge on any atom is -0.351 e. The lowest BCUT2D eigenvalue weighted by atomic mass is 10.0. The first kappa shape index (κ1) is 18.9. The number of nitrogens with zero attached hydrogens (tertiary/aromatic N) is 1. The molecule has 0 bridgehead atoms. The number of fused-ring (bicyclic) bond motifs is 1. The van der Waals surface area contributed by atoms with E-state index in [9.17, 15) is 17.6 Å². The Hall–Kier alpha value is -2.84. The van der Waals surface area contributed by atoms with Gasteiger partial charge in [0.15, 0.2) is 0 Å². The number of sulfonamides is 1. The van der Waals surface area contributed by atoms with Crippen molar-refractivity contribution < 1.29 is 17.6 Å². The van der Waals surface area contributed by atoms with Crippen LogP contribution in [0.25, 0.3) is 22.2 Å². The molecule has 2 N–H and O–H groups in total. The molecular weight excluding hydrogens is 369 g/mol. The van der Waals surface area contributed by atoms with Gasteiger partial charge in [0.05, 0.1) is 23.0 Å². The molecule has 0 saturated carbocycles. The Kier molecular flexibility index (Phi) is 5.48. The van der Waals surface area contributed by atoms with Crippen molar-refractivity contribution in [3.63, 3.8) is 0 Å². The summed E-state index contributed by atoms with van der Waals surface area (Å²) in [5.41, 5.74) is 2.29. The summed E-state index contributed by atoms with van der Waals surface area (Å²) in [5.74, 6) is -0.692. The molecule has 1 heterocycles. The predicted octanol–water partition coefficient (Wildman–Crippen LogP) is 2.32. The van der Waals surface area contributed by atoms with Gasteiger partial charge in [-0.15, -0.1) is 0 Å². The third kappa shape index (κ3) is 4.87. The van der Waals surface area contributed by atoms with Gasteiger partial charge in [-0.2, -0.15) is 0 Å². The Bertz CT molecular complexity index is 1080. The van der Waals surface area contributed by atoms with Gasteiger partial charge in [-0.3, -0.25) is 4.79 Å². The maximum atomic E-state index is 13.2. The summed E-state index contributed by atoms with van der Waals surface area (Å²) < 4.78 is 37.7. The third-order valence-corrected chi connectivity index (χ3v) is 4.60. The van der Waals surface area contributed by atoms with Gasteiger partial charge in [0, 0.05) is 24.0 Å². The highest BCUT2D eigenvalue weighted by molar-refractivity contribution is 7.88. The van der Waals surface area contributed by atoms with Crippen LogP contribution < -0.4 is 10.0 Å². The molecule has 0 aliphatic rings. The number of pyridine rings is 1. The largest absolute Gasteiger partial charge is 0.351 e. The number of benzene rings is 2. The molecule has 6 nitrogen and oxygen atoms in total. The number of rotatable bonds is 6. The maximum absolute atomic E-state index is 13.2. The van der Waals surface area contributed by atoms with Crippen molar-refractivity contribution in [1.29, 1.82) is 0 Å². The Morgan fingerprint density at radius 2 is 1.78 bits per heavy atom. The van der Waals surface area contributed by atoms with Crippen LogP contribution in [0.5, 0.6) is 0 Å². The summed E-state index contributed by atoms with van der Waals surface area (Å²) in [6.07, 6.45) is 1.06. The SMILES string of the molecule is CS(=O)(=O)NCCNC(=O)c1cc(-c2ccc(F)cc2)nc2ccccc12. The molecule has 2 aromatic carbocycles.